The van der Waals surface area contributed by atoms with Crippen molar-refractivity contribution in [2.75, 3.05) is 32.8 Å². The molecule has 1 aromatic rings. The molecule has 0 radical (unpaired) electrons. The summed E-state index contributed by atoms with van der Waals surface area (Å²) in [6.07, 6.45) is 0.888. The largest absolute Gasteiger partial charge is 0.388 e. The van der Waals surface area contributed by atoms with Crippen LogP contribution in [0.3, 0.4) is 0 Å². The molecule has 2 N–H and O–H groups in total. The Labute approximate surface area is 135 Å². The molecule has 2 aliphatic heterocycles. The molecular formula is C17H23FN2O3. The maximum atomic E-state index is 13.0. The van der Waals surface area contributed by atoms with Crippen molar-refractivity contribution >= 4 is 5.91 Å². The van der Waals surface area contributed by atoms with Crippen LogP contribution in [-0.4, -0.2) is 54.8 Å². The molecule has 0 saturated carbocycles. The molecule has 2 saturated heterocycles. The summed E-state index contributed by atoms with van der Waals surface area (Å²) in [5, 5.41) is 13.6. The van der Waals surface area contributed by atoms with E-state index in [0.717, 1.165) is 18.4 Å². The van der Waals surface area contributed by atoms with Crippen molar-refractivity contribution < 1.29 is 19.0 Å². The van der Waals surface area contributed by atoms with Gasteiger partial charge in [-0.25, -0.2) is 4.39 Å². The predicted octanol–water partition coefficient (Wildman–Crippen LogP) is 1.09. The third-order valence-corrected chi connectivity index (χ3v) is 4.73. The van der Waals surface area contributed by atoms with Gasteiger partial charge < -0.3 is 20.1 Å². The second-order valence-corrected chi connectivity index (χ2v) is 6.24. The van der Waals surface area contributed by atoms with E-state index in [1.54, 1.807) is 12.1 Å². The van der Waals surface area contributed by atoms with E-state index < -0.39 is 6.10 Å². The van der Waals surface area contributed by atoms with Gasteiger partial charge in [0.15, 0.2) is 0 Å². The maximum Gasteiger partial charge on any atom is 0.242 e. The van der Waals surface area contributed by atoms with E-state index >= 15 is 0 Å². The highest BCUT2D eigenvalue weighted by molar-refractivity contribution is 5.82. The second kappa shape index (κ2) is 7.38. The van der Waals surface area contributed by atoms with Gasteiger partial charge in [-0.1, -0.05) is 12.1 Å². The number of carbonyl (C=O) groups excluding carboxylic acids is 1. The fourth-order valence-corrected chi connectivity index (χ4v) is 3.31. The first kappa shape index (κ1) is 16.4. The van der Waals surface area contributed by atoms with E-state index in [1.165, 1.54) is 12.1 Å². The number of hydrogen-bond acceptors (Lipinski definition) is 4. The van der Waals surface area contributed by atoms with E-state index in [1.807, 2.05) is 4.90 Å². The van der Waals surface area contributed by atoms with Gasteiger partial charge in [0.2, 0.25) is 5.91 Å². The molecule has 2 fully saturated rings. The molecule has 0 bridgehead atoms. The van der Waals surface area contributed by atoms with Gasteiger partial charge in [0, 0.05) is 19.6 Å². The normalized spacial score (nSPS) is 24.4. The SMILES string of the molecule is O=C(C1COCCN1)N1CCC(C(O)c2ccc(F)cc2)CC1. The van der Waals surface area contributed by atoms with Gasteiger partial charge in [0.25, 0.3) is 0 Å². The monoisotopic (exact) mass is 322 g/mol. The van der Waals surface area contributed by atoms with Crippen LogP contribution in [-0.2, 0) is 9.53 Å². The Hall–Kier alpha value is -1.50. The van der Waals surface area contributed by atoms with Crippen LogP contribution in [0.2, 0.25) is 0 Å². The van der Waals surface area contributed by atoms with Crippen molar-refractivity contribution in [1.29, 1.82) is 0 Å². The highest BCUT2D eigenvalue weighted by atomic mass is 19.1. The van der Waals surface area contributed by atoms with Gasteiger partial charge in [0.1, 0.15) is 11.9 Å². The van der Waals surface area contributed by atoms with Crippen LogP contribution in [0, 0.1) is 11.7 Å². The number of rotatable bonds is 3. The predicted molar refractivity (Wildman–Crippen MR) is 83.3 cm³/mol. The number of nitrogens with zero attached hydrogens (tertiary/aromatic N) is 1. The summed E-state index contributed by atoms with van der Waals surface area (Å²) in [7, 11) is 0. The molecule has 23 heavy (non-hydrogen) atoms. The number of amides is 1. The van der Waals surface area contributed by atoms with E-state index in [2.05, 4.69) is 5.32 Å². The topological polar surface area (TPSA) is 61.8 Å². The first-order chi connectivity index (χ1) is 11.1. The summed E-state index contributed by atoms with van der Waals surface area (Å²) >= 11 is 0. The van der Waals surface area contributed by atoms with Crippen LogP contribution in [0.1, 0.15) is 24.5 Å². The number of carbonyl (C=O) groups is 1. The molecule has 2 unspecified atom stereocenters. The van der Waals surface area contributed by atoms with Crippen molar-refractivity contribution in [3.63, 3.8) is 0 Å². The maximum absolute atomic E-state index is 13.0. The quantitative estimate of drug-likeness (QED) is 0.874. The van der Waals surface area contributed by atoms with Crippen LogP contribution in [0.4, 0.5) is 4.39 Å². The Morgan fingerprint density at radius 3 is 2.61 bits per heavy atom. The minimum atomic E-state index is -0.607. The molecule has 0 aliphatic carbocycles. The molecule has 5 nitrogen and oxygen atoms in total. The number of halogens is 1. The van der Waals surface area contributed by atoms with Crippen LogP contribution < -0.4 is 5.32 Å². The lowest BCUT2D eigenvalue weighted by molar-refractivity contribution is -0.138. The van der Waals surface area contributed by atoms with E-state index in [-0.39, 0.29) is 23.7 Å². The van der Waals surface area contributed by atoms with E-state index in [9.17, 15) is 14.3 Å². The summed E-state index contributed by atoms with van der Waals surface area (Å²) < 4.78 is 18.3. The molecule has 6 heteroatoms. The third kappa shape index (κ3) is 3.88. The van der Waals surface area contributed by atoms with Gasteiger partial charge >= 0.3 is 0 Å². The van der Waals surface area contributed by atoms with Crippen molar-refractivity contribution in [3.8, 4) is 0 Å². The number of hydrogen-bond donors (Lipinski definition) is 2. The summed E-state index contributed by atoms with van der Waals surface area (Å²) in [6.45, 7) is 3.06. The lowest BCUT2D eigenvalue weighted by Crippen LogP contribution is -2.54. The molecule has 1 amide bonds. The van der Waals surface area contributed by atoms with Gasteiger partial charge in [0.05, 0.1) is 19.3 Å². The standard InChI is InChI=1S/C17H23FN2O3/c18-14-3-1-12(2-4-14)16(21)13-5-8-20(9-6-13)17(22)15-11-23-10-7-19-15/h1-4,13,15-16,19,21H,5-11H2. The summed E-state index contributed by atoms with van der Waals surface area (Å²) in [5.74, 6) is -0.122. The number of benzene rings is 1. The number of likely N-dealkylation sites (tertiary alicyclic amines) is 1. The van der Waals surface area contributed by atoms with Crippen LogP contribution in [0.15, 0.2) is 24.3 Å². The summed E-state index contributed by atoms with van der Waals surface area (Å²) in [6, 6.07) is 5.74. The summed E-state index contributed by atoms with van der Waals surface area (Å²) in [5.41, 5.74) is 0.735. The lowest BCUT2D eigenvalue weighted by atomic mass is 9.87. The van der Waals surface area contributed by atoms with Crippen LogP contribution >= 0.6 is 0 Å². The average Bonchev–Trinajstić information content (AvgIpc) is 2.62. The molecule has 1 aromatic carbocycles. The van der Waals surface area contributed by atoms with Gasteiger partial charge in [-0.15, -0.1) is 0 Å². The Bertz CT molecular complexity index is 523. The Balaban J connectivity index is 1.53. The number of ether oxygens (including phenoxy) is 1. The molecule has 3 rings (SSSR count). The summed E-state index contributed by atoms with van der Waals surface area (Å²) in [4.78, 5) is 14.3. The number of nitrogens with one attached hydrogen (secondary N) is 1. The number of piperidine rings is 1. The molecule has 0 aromatic heterocycles. The number of morpholine rings is 1. The van der Waals surface area contributed by atoms with Gasteiger partial charge in [-0.2, -0.15) is 0 Å². The molecular weight excluding hydrogens is 299 g/mol. The Morgan fingerprint density at radius 1 is 1.30 bits per heavy atom. The van der Waals surface area contributed by atoms with Crippen molar-refractivity contribution in [3.05, 3.63) is 35.6 Å². The average molecular weight is 322 g/mol. The first-order valence-electron chi connectivity index (χ1n) is 8.18. The highest BCUT2D eigenvalue weighted by Gasteiger charge is 2.32. The number of aliphatic hydroxyl groups is 1. The minimum absolute atomic E-state index is 0.0828. The van der Waals surface area contributed by atoms with Crippen molar-refractivity contribution in [2.45, 2.75) is 25.0 Å². The zero-order chi connectivity index (χ0) is 16.2. The lowest BCUT2D eigenvalue weighted by Gasteiger charge is -2.37. The Morgan fingerprint density at radius 2 is 2.00 bits per heavy atom. The second-order valence-electron chi connectivity index (χ2n) is 6.24. The van der Waals surface area contributed by atoms with E-state index in [4.69, 9.17) is 4.74 Å². The van der Waals surface area contributed by atoms with Gasteiger partial charge in [-0.3, -0.25) is 4.79 Å². The third-order valence-electron chi connectivity index (χ3n) is 4.73. The zero-order valence-electron chi connectivity index (χ0n) is 13.1. The molecule has 2 atom stereocenters. The first-order valence-corrected chi connectivity index (χ1v) is 8.18. The van der Waals surface area contributed by atoms with Gasteiger partial charge in [-0.05, 0) is 36.5 Å². The van der Waals surface area contributed by atoms with Crippen LogP contribution in [0.25, 0.3) is 0 Å². The van der Waals surface area contributed by atoms with E-state index in [0.29, 0.717) is 32.8 Å². The fourth-order valence-electron chi connectivity index (χ4n) is 3.31. The zero-order valence-corrected chi connectivity index (χ0v) is 13.1. The molecule has 126 valence electrons. The van der Waals surface area contributed by atoms with Crippen molar-refractivity contribution in [1.82, 2.24) is 10.2 Å². The highest BCUT2D eigenvalue weighted by Crippen LogP contribution is 2.31. The molecule has 2 heterocycles. The van der Waals surface area contributed by atoms with Crippen molar-refractivity contribution in [2.24, 2.45) is 5.92 Å². The molecule has 2 aliphatic rings. The number of aliphatic hydroxyl groups excluding tert-OH is 1. The minimum Gasteiger partial charge on any atom is -0.388 e. The smallest absolute Gasteiger partial charge is 0.242 e. The molecule has 0 spiro atoms. The Kier molecular flexibility index (Phi) is 5.25. The fraction of sp³-hybridized carbons (Fsp3) is 0.588. The van der Waals surface area contributed by atoms with Crippen LogP contribution in [0.5, 0.6) is 0 Å².